The zero-order valence-electron chi connectivity index (χ0n) is 9.74. The Morgan fingerprint density at radius 1 is 1.47 bits per heavy atom. The van der Waals surface area contributed by atoms with Crippen LogP contribution in [0.3, 0.4) is 0 Å². The van der Waals surface area contributed by atoms with E-state index in [0.29, 0.717) is 17.7 Å². The van der Waals surface area contributed by atoms with Crippen LogP contribution in [0, 0.1) is 11.3 Å². The molecule has 1 saturated carbocycles. The maximum Gasteiger partial charge on any atom is 0.101 e. The van der Waals surface area contributed by atoms with Crippen molar-refractivity contribution in [3.05, 3.63) is 28.2 Å². The van der Waals surface area contributed by atoms with Crippen molar-refractivity contribution in [3.63, 3.8) is 0 Å². The minimum Gasteiger partial charge on any atom is -0.381 e. The third-order valence-corrected chi connectivity index (χ3v) is 3.67. The van der Waals surface area contributed by atoms with Crippen LogP contribution < -0.4 is 5.32 Å². The number of halogens is 1. The van der Waals surface area contributed by atoms with Crippen molar-refractivity contribution in [2.24, 2.45) is 0 Å². The van der Waals surface area contributed by atoms with Crippen molar-refractivity contribution < 1.29 is 4.74 Å². The number of hydrogen-bond acceptors (Lipinski definition) is 3. The lowest BCUT2D eigenvalue weighted by Gasteiger charge is -2.15. The second-order valence-corrected chi connectivity index (χ2v) is 5.23. The maximum absolute atomic E-state index is 9.05. The van der Waals surface area contributed by atoms with Gasteiger partial charge in [-0.15, -0.1) is 0 Å². The van der Waals surface area contributed by atoms with Gasteiger partial charge in [0, 0.05) is 17.6 Å². The lowest BCUT2D eigenvalue weighted by atomic mass is 10.1. The predicted octanol–water partition coefficient (Wildman–Crippen LogP) is 3.30. The summed E-state index contributed by atoms with van der Waals surface area (Å²) >= 11 is 3.43. The number of anilines is 1. The molecule has 0 amide bonds. The maximum atomic E-state index is 9.05. The number of nitrogens with zero attached hydrogens (tertiary/aromatic N) is 1. The molecule has 1 aromatic carbocycles. The van der Waals surface area contributed by atoms with Crippen LogP contribution in [0.2, 0.25) is 0 Å². The van der Waals surface area contributed by atoms with Crippen LogP contribution in [-0.4, -0.2) is 19.3 Å². The minimum absolute atomic E-state index is 0.352. The van der Waals surface area contributed by atoms with Gasteiger partial charge in [-0.1, -0.05) is 15.9 Å². The molecule has 0 aromatic heterocycles. The first-order valence-electron chi connectivity index (χ1n) is 5.72. The summed E-state index contributed by atoms with van der Waals surface area (Å²) in [6, 6.07) is 8.28. The number of ether oxygens (including phenoxy) is 1. The van der Waals surface area contributed by atoms with Crippen molar-refractivity contribution >= 4 is 21.6 Å². The summed E-state index contributed by atoms with van der Waals surface area (Å²) < 4.78 is 6.33. The first kappa shape index (κ1) is 12.4. The monoisotopic (exact) mass is 294 g/mol. The Morgan fingerprint density at radius 2 is 2.29 bits per heavy atom. The number of nitrogens with one attached hydrogen (secondary N) is 1. The number of hydrogen-bond donors (Lipinski definition) is 1. The Balaban J connectivity index is 2.09. The summed E-state index contributed by atoms with van der Waals surface area (Å²) in [5.74, 6) is 0. The summed E-state index contributed by atoms with van der Waals surface area (Å²) in [4.78, 5) is 0. The molecule has 2 unspecified atom stereocenters. The van der Waals surface area contributed by atoms with Gasteiger partial charge in [0.25, 0.3) is 0 Å². The third kappa shape index (κ3) is 2.99. The normalized spacial score (nSPS) is 23.4. The molecule has 0 radical (unpaired) electrons. The Bertz CT molecular complexity index is 442. The van der Waals surface area contributed by atoms with Crippen LogP contribution in [0.1, 0.15) is 24.8 Å². The fourth-order valence-electron chi connectivity index (χ4n) is 2.24. The predicted molar refractivity (Wildman–Crippen MR) is 70.9 cm³/mol. The average Bonchev–Trinajstić information content (AvgIpc) is 2.77. The lowest BCUT2D eigenvalue weighted by Crippen LogP contribution is -2.17. The molecule has 0 spiro atoms. The van der Waals surface area contributed by atoms with Crippen molar-refractivity contribution in [2.45, 2.75) is 31.4 Å². The summed E-state index contributed by atoms with van der Waals surface area (Å²) in [5, 5.41) is 12.5. The van der Waals surface area contributed by atoms with Crippen molar-refractivity contribution in [1.82, 2.24) is 0 Å². The number of nitriles is 1. The Morgan fingerprint density at radius 3 is 2.94 bits per heavy atom. The molecule has 0 saturated heterocycles. The standard InChI is InChI=1S/C13H15BrN2O/c1-17-12-5-4-11(7-12)16-13-6-10(14)3-2-9(13)8-15/h2-3,6,11-12,16H,4-5,7H2,1H3. The van der Waals surface area contributed by atoms with Gasteiger partial charge in [-0.3, -0.25) is 0 Å². The van der Waals surface area contributed by atoms with E-state index in [9.17, 15) is 0 Å². The molecule has 0 aliphatic heterocycles. The van der Waals surface area contributed by atoms with Crippen molar-refractivity contribution in [1.29, 1.82) is 5.26 Å². The van der Waals surface area contributed by atoms with Gasteiger partial charge in [-0.2, -0.15) is 5.26 Å². The van der Waals surface area contributed by atoms with Gasteiger partial charge in [-0.25, -0.2) is 0 Å². The van der Waals surface area contributed by atoms with Crippen molar-refractivity contribution in [3.8, 4) is 6.07 Å². The van der Waals surface area contributed by atoms with E-state index in [4.69, 9.17) is 10.00 Å². The van der Waals surface area contributed by atoms with E-state index >= 15 is 0 Å². The number of methoxy groups -OCH3 is 1. The molecule has 1 N–H and O–H groups in total. The highest BCUT2D eigenvalue weighted by Gasteiger charge is 2.24. The van der Waals surface area contributed by atoms with Crippen molar-refractivity contribution in [2.75, 3.05) is 12.4 Å². The first-order chi connectivity index (χ1) is 8.22. The molecule has 17 heavy (non-hydrogen) atoms. The lowest BCUT2D eigenvalue weighted by molar-refractivity contribution is 0.108. The molecule has 1 aliphatic rings. The fourth-order valence-corrected chi connectivity index (χ4v) is 2.60. The second kappa shape index (κ2) is 5.52. The molecule has 2 atom stereocenters. The average molecular weight is 295 g/mol. The highest BCUT2D eigenvalue weighted by atomic mass is 79.9. The zero-order chi connectivity index (χ0) is 12.3. The second-order valence-electron chi connectivity index (χ2n) is 4.31. The van der Waals surface area contributed by atoms with Gasteiger partial charge in [0.05, 0.1) is 17.4 Å². The van der Waals surface area contributed by atoms with E-state index in [2.05, 4.69) is 27.3 Å². The van der Waals surface area contributed by atoms with E-state index < -0.39 is 0 Å². The zero-order valence-corrected chi connectivity index (χ0v) is 11.3. The van der Waals surface area contributed by atoms with E-state index in [1.165, 1.54) is 0 Å². The Labute approximate surface area is 110 Å². The molecule has 90 valence electrons. The van der Waals surface area contributed by atoms with Crippen LogP contribution in [0.5, 0.6) is 0 Å². The summed E-state index contributed by atoms with van der Waals surface area (Å²) in [6.45, 7) is 0. The molecule has 1 fully saturated rings. The van der Waals surface area contributed by atoms with Gasteiger partial charge in [-0.05, 0) is 37.5 Å². The quantitative estimate of drug-likeness (QED) is 0.930. The highest BCUT2D eigenvalue weighted by Crippen LogP contribution is 2.27. The minimum atomic E-state index is 0.352. The van der Waals surface area contributed by atoms with Crippen LogP contribution in [0.15, 0.2) is 22.7 Å². The molecular formula is C13H15BrN2O. The van der Waals surface area contributed by atoms with Gasteiger partial charge in [0.1, 0.15) is 6.07 Å². The van der Waals surface area contributed by atoms with Gasteiger partial charge < -0.3 is 10.1 Å². The van der Waals surface area contributed by atoms with E-state index in [-0.39, 0.29) is 0 Å². The van der Waals surface area contributed by atoms with E-state index in [0.717, 1.165) is 29.4 Å². The molecule has 0 bridgehead atoms. The van der Waals surface area contributed by atoms with Gasteiger partial charge >= 0.3 is 0 Å². The molecule has 4 heteroatoms. The van der Waals surface area contributed by atoms with Crippen LogP contribution in [0.4, 0.5) is 5.69 Å². The summed E-state index contributed by atoms with van der Waals surface area (Å²) in [6.07, 6.45) is 3.54. The number of benzene rings is 1. The molecular weight excluding hydrogens is 280 g/mol. The number of rotatable bonds is 3. The fraction of sp³-hybridized carbons (Fsp3) is 0.462. The summed E-state index contributed by atoms with van der Waals surface area (Å²) in [7, 11) is 1.76. The summed E-state index contributed by atoms with van der Waals surface area (Å²) in [5.41, 5.74) is 1.60. The largest absolute Gasteiger partial charge is 0.381 e. The van der Waals surface area contributed by atoms with E-state index in [1.807, 2.05) is 18.2 Å². The van der Waals surface area contributed by atoms with Crippen LogP contribution >= 0.6 is 15.9 Å². The molecule has 1 aromatic rings. The topological polar surface area (TPSA) is 45.0 Å². The Kier molecular flexibility index (Phi) is 4.03. The molecule has 3 nitrogen and oxygen atoms in total. The SMILES string of the molecule is COC1CCC(Nc2cc(Br)ccc2C#N)C1. The van der Waals surface area contributed by atoms with Gasteiger partial charge in [0.15, 0.2) is 0 Å². The van der Waals surface area contributed by atoms with E-state index in [1.54, 1.807) is 7.11 Å². The highest BCUT2D eigenvalue weighted by molar-refractivity contribution is 9.10. The van der Waals surface area contributed by atoms with Gasteiger partial charge in [0.2, 0.25) is 0 Å². The molecule has 2 rings (SSSR count). The van der Waals surface area contributed by atoms with Crippen LogP contribution in [-0.2, 0) is 4.74 Å². The molecule has 0 heterocycles. The Hall–Kier alpha value is -1.05. The first-order valence-corrected chi connectivity index (χ1v) is 6.51. The van der Waals surface area contributed by atoms with Crippen LogP contribution in [0.25, 0.3) is 0 Å². The smallest absolute Gasteiger partial charge is 0.101 e. The third-order valence-electron chi connectivity index (χ3n) is 3.18. The molecule has 1 aliphatic carbocycles.